The number of carboxylic acid groups (broad SMARTS) is 4. The van der Waals surface area contributed by atoms with Gasteiger partial charge < -0.3 is 123 Å². The SMILES string of the molecule is CN(C)c1ccc2c(c1)OC1=C(C=CC(=[N+](C)C)C1)C2c1ccc(C(=O)NCCCCC(CC(=O)[C@@H](CCC(=O)NC[C@H](O)[C@@H](O)[C@H](O)[C@H](O)CO)NC(=O)[C@@H](CCC(=O)O)CC(=O)[C@@H](CCC(=O)NC[C@H](O)[C@@H](O)[C@H](O)[C@H](O)CO)NC(=O)[C@@H](CCC(=O)O)CC(=O)c2cccc(NC(=O)N[C@@H]3CN(C4CCCCC4)c4ccccc4C(CC(=O)C(C)(C)C)C3=O)c2)C(=O)O)cc1C(=O)O. The molecule has 0 radical (unpaired) electrons. The third-order valence-corrected chi connectivity index (χ3v) is 25.1. The number of carbonyl (C=O) groups excluding carboxylic acids is 11. The number of aliphatic carboxylic acids is 3. The lowest BCUT2D eigenvalue weighted by Crippen LogP contribution is -2.52. The highest BCUT2D eigenvalue weighted by atomic mass is 16.5. The normalized spacial score (nSPS) is 18.3. The number of unbranched alkanes of at least 4 members (excludes halogenated alkanes) is 1. The maximum absolute atomic E-state index is 15.1. The number of fused-ring (bicyclic) bond motifs is 2. The standard InChI is InChI=1S/C96H128N10O30/c1-96(2,3)79(116)45-64-60-21-11-12-22-69(60)106(57-19-9-8-10-20-57)48-68(85(64)123)103-95(135)100-56-18-15-17-51(38-56)70(109)40-53(24-35-82(119)120)91(129)101-66(31-33-80(117)98-46-73(112)86(124)88(126)75(114)49-107)71(110)41-54(25-36-83(121)122)92(130)102-67(32-34-81(118)99-47-74(113)87(125)89(127)76(115)50-108)72(111)42-55(93(131)132)16-13-14-37-97-90(128)52-23-28-61(65(39-52)94(133)134)84-62-29-26-58(104(4)5)43-77(62)136-78-44-59(105(6)7)27-30-63(78)84/h11-12,15,17-18,21-23,26-30,38-39,43,53-55,57,64,66-68,73-76,84,86-89,107-108,112-115,124-127H,8-10,13-14,16,19-20,24-25,31-37,40-42,44-50H2,1-7H3,(H10-,97,98,99,100,101,102,103,117,118,119,120,121,122,128,129,130,131,132,133,134,135)/p+1/t53-,54-,55?,64?,66+,67+,68+,73-,74-,75+,76+,84?,86+,87+,88+,89+/m0/s1. The fraction of sp³-hybridized carbons (Fsp3) is 0.542. The van der Waals surface area contributed by atoms with Gasteiger partial charge in [0.2, 0.25) is 23.6 Å². The van der Waals surface area contributed by atoms with Crippen molar-refractivity contribution in [2.45, 2.75) is 240 Å². The average molecular weight is 1900 g/mol. The Labute approximate surface area is 786 Å². The predicted molar refractivity (Wildman–Crippen MR) is 491 cm³/mol. The summed E-state index contributed by atoms with van der Waals surface area (Å²) in [6, 6.07) is 16.7. The fourth-order valence-electron chi connectivity index (χ4n) is 16.9. The Bertz CT molecular complexity index is 5070. The topological polar surface area (TPSA) is 642 Å². The van der Waals surface area contributed by atoms with Gasteiger partial charge in [-0.05, 0) is 105 Å². The Hall–Kier alpha value is -12.1. The van der Waals surface area contributed by atoms with E-state index in [9.17, 15) is 139 Å². The quantitative estimate of drug-likeness (QED) is 0.0171. The highest BCUT2D eigenvalue weighted by Crippen LogP contribution is 2.48. The van der Waals surface area contributed by atoms with E-state index < -0.39 is 281 Å². The zero-order valence-corrected chi connectivity index (χ0v) is 77.3. The molecule has 0 bridgehead atoms. The number of carboxylic acids is 4. The molecule has 16 atom stereocenters. The molecule has 0 spiro atoms. The third-order valence-electron chi connectivity index (χ3n) is 25.1. The molecule has 4 aromatic carbocycles. The molecule has 1 fully saturated rings. The van der Waals surface area contributed by atoms with Crippen LogP contribution in [0.15, 0.2) is 108 Å². The summed E-state index contributed by atoms with van der Waals surface area (Å²) in [5.41, 5.74) is 3.80. The van der Waals surface area contributed by atoms with Crippen LogP contribution < -0.4 is 51.8 Å². The smallest absolute Gasteiger partial charge is 0.336 e. The van der Waals surface area contributed by atoms with Gasteiger partial charge >= 0.3 is 29.9 Å². The molecule has 4 aliphatic rings. The predicted octanol–water partition coefficient (Wildman–Crippen LogP) is 2.29. The highest BCUT2D eigenvalue weighted by molar-refractivity contribution is 6.05. The van der Waals surface area contributed by atoms with Crippen molar-refractivity contribution >= 4 is 111 Å². The van der Waals surface area contributed by atoms with E-state index in [0.29, 0.717) is 34.6 Å². The molecule has 2 heterocycles. The monoisotopic (exact) mass is 1900 g/mol. The van der Waals surface area contributed by atoms with Crippen molar-refractivity contribution in [3.63, 3.8) is 0 Å². The fourth-order valence-corrected chi connectivity index (χ4v) is 16.9. The number of urea groups is 1. The third kappa shape index (κ3) is 30.9. The molecule has 3 unspecified atom stereocenters. The number of rotatable bonds is 52. The maximum Gasteiger partial charge on any atom is 0.336 e. The van der Waals surface area contributed by atoms with Gasteiger partial charge in [-0.1, -0.05) is 88.9 Å². The molecule has 742 valence electrons. The molecule has 21 N–H and O–H groups in total. The van der Waals surface area contributed by atoms with Crippen LogP contribution in [0.3, 0.4) is 0 Å². The second kappa shape index (κ2) is 51.2. The number of carbonyl (C=O) groups is 15. The molecule has 8 rings (SSSR count). The summed E-state index contributed by atoms with van der Waals surface area (Å²) in [5, 5.41) is 160. The van der Waals surface area contributed by atoms with Crippen molar-refractivity contribution < 1.29 is 153 Å². The van der Waals surface area contributed by atoms with Crippen molar-refractivity contribution in [3.8, 4) is 5.75 Å². The first-order valence-electron chi connectivity index (χ1n) is 45.6. The van der Waals surface area contributed by atoms with E-state index in [1.54, 1.807) is 32.9 Å². The van der Waals surface area contributed by atoms with Crippen LogP contribution in [-0.2, 0) is 52.7 Å². The van der Waals surface area contributed by atoms with E-state index in [2.05, 4.69) is 42.1 Å². The van der Waals surface area contributed by atoms with Gasteiger partial charge in [0, 0.05) is 172 Å². The molecule has 1 saturated carbocycles. The molecule has 40 nitrogen and oxygen atoms in total. The number of amides is 7. The van der Waals surface area contributed by atoms with Gasteiger partial charge in [-0.2, -0.15) is 0 Å². The Balaban J connectivity index is 1.01. The molecule has 0 aromatic heterocycles. The Morgan fingerprint density at radius 1 is 0.574 bits per heavy atom. The van der Waals surface area contributed by atoms with E-state index in [1.807, 2.05) is 86.2 Å². The van der Waals surface area contributed by atoms with Crippen LogP contribution in [0.4, 0.5) is 21.9 Å². The molecular formula is C96H129N10O30+. The molecule has 0 saturated heterocycles. The zero-order valence-electron chi connectivity index (χ0n) is 77.3. The summed E-state index contributed by atoms with van der Waals surface area (Å²) in [6.45, 7) is 1.40. The van der Waals surface area contributed by atoms with Gasteiger partial charge in [0.15, 0.2) is 28.8 Å². The van der Waals surface area contributed by atoms with Crippen LogP contribution in [0.25, 0.3) is 0 Å². The number of aromatic carboxylic acids is 1. The number of Topliss-reactive ketones (excluding diaryl/α,β-unsaturated/α-hetero) is 5. The number of anilines is 3. The van der Waals surface area contributed by atoms with Crippen molar-refractivity contribution in [1.29, 1.82) is 0 Å². The Morgan fingerprint density at radius 2 is 1.13 bits per heavy atom. The number of ketones is 5. The second-order valence-electron chi connectivity index (χ2n) is 36.5. The van der Waals surface area contributed by atoms with Crippen LogP contribution in [0.5, 0.6) is 5.75 Å². The lowest BCUT2D eigenvalue weighted by Gasteiger charge is -2.37. The first-order chi connectivity index (χ1) is 64.3. The van der Waals surface area contributed by atoms with E-state index in [4.69, 9.17) is 4.74 Å². The highest BCUT2D eigenvalue weighted by Gasteiger charge is 2.44. The minimum Gasteiger partial charge on any atom is -0.481 e. The van der Waals surface area contributed by atoms with Gasteiger partial charge in [-0.3, -0.25) is 62.3 Å². The van der Waals surface area contributed by atoms with Gasteiger partial charge in [0.05, 0.1) is 61.3 Å². The van der Waals surface area contributed by atoms with Gasteiger partial charge in [0.25, 0.3) is 5.91 Å². The summed E-state index contributed by atoms with van der Waals surface area (Å²) in [6.07, 6.45) is -17.0. The van der Waals surface area contributed by atoms with Gasteiger partial charge in [0.1, 0.15) is 74.1 Å². The Kier molecular flexibility index (Phi) is 41.1. The van der Waals surface area contributed by atoms with Crippen LogP contribution >= 0.6 is 0 Å². The summed E-state index contributed by atoms with van der Waals surface area (Å²) < 4.78 is 8.43. The number of ether oxygens (including phenoxy) is 1. The minimum atomic E-state index is -2.17. The summed E-state index contributed by atoms with van der Waals surface area (Å²) in [4.78, 5) is 213. The van der Waals surface area contributed by atoms with E-state index in [1.165, 1.54) is 36.4 Å². The van der Waals surface area contributed by atoms with Crippen LogP contribution in [0.1, 0.15) is 215 Å². The zero-order chi connectivity index (χ0) is 100. The lowest BCUT2D eigenvalue weighted by molar-refractivity contribution is -0.464. The van der Waals surface area contributed by atoms with E-state index in [-0.39, 0.29) is 73.0 Å². The van der Waals surface area contributed by atoms with E-state index in [0.717, 1.165) is 54.8 Å². The first-order valence-corrected chi connectivity index (χ1v) is 45.6. The first kappa shape index (κ1) is 109. The molecular weight excluding hydrogens is 1770 g/mol. The average Bonchev–Trinajstić information content (AvgIpc) is 1.57. The van der Waals surface area contributed by atoms with Crippen LogP contribution in [0, 0.1) is 23.2 Å². The van der Waals surface area contributed by atoms with Crippen LogP contribution in [-0.4, -0.2) is 311 Å². The number of hydrogen-bond donors (Lipinski definition) is 21. The number of benzene rings is 4. The minimum absolute atomic E-state index is 0.000372. The molecule has 7 amide bonds. The van der Waals surface area contributed by atoms with E-state index >= 15 is 4.79 Å². The number of aliphatic hydroxyl groups excluding tert-OH is 10. The number of nitrogens with one attached hydrogen (secondary N) is 7. The molecule has 40 heteroatoms. The second-order valence-corrected chi connectivity index (χ2v) is 36.5. The molecule has 4 aromatic rings. The molecule has 2 aliphatic heterocycles. The Morgan fingerprint density at radius 3 is 1.68 bits per heavy atom. The van der Waals surface area contributed by atoms with Crippen LogP contribution in [0.2, 0.25) is 0 Å². The number of hydrogen-bond acceptors (Lipinski definition) is 28. The van der Waals surface area contributed by atoms with Crippen molar-refractivity contribution in [2.24, 2.45) is 23.2 Å². The maximum atomic E-state index is 15.1. The number of allylic oxidation sites excluding steroid dienone is 4. The number of nitrogens with zero attached hydrogens (tertiary/aromatic N) is 3. The number of aliphatic hydroxyl groups is 10. The molecule has 136 heavy (non-hydrogen) atoms. The largest absolute Gasteiger partial charge is 0.481 e. The summed E-state index contributed by atoms with van der Waals surface area (Å²) >= 11 is 0. The summed E-state index contributed by atoms with van der Waals surface area (Å²) in [5.74, 6) is -20.3. The van der Waals surface area contributed by atoms with Gasteiger partial charge in [-0.15, -0.1) is 0 Å². The van der Waals surface area contributed by atoms with Crippen molar-refractivity contribution in [1.82, 2.24) is 31.9 Å². The summed E-state index contributed by atoms with van der Waals surface area (Å²) in [7, 11) is 7.51. The number of para-hydroxylation sites is 1. The van der Waals surface area contributed by atoms with Gasteiger partial charge in [-0.25, -0.2) is 14.2 Å². The molecule has 2 aliphatic carbocycles. The van der Waals surface area contributed by atoms with Crippen molar-refractivity contribution in [3.05, 3.63) is 142 Å². The van der Waals surface area contributed by atoms with Crippen molar-refractivity contribution in [2.75, 3.05) is 82.7 Å². The lowest BCUT2D eigenvalue weighted by atomic mass is 9.77.